The van der Waals surface area contributed by atoms with Gasteiger partial charge in [-0.15, -0.1) is 0 Å². The highest BCUT2D eigenvalue weighted by atomic mass is 16.7. The molecule has 1 aliphatic carbocycles. The second-order valence-corrected chi connectivity index (χ2v) is 7.98. The Kier molecular flexibility index (Phi) is 3.16. The molecule has 4 rings (SSSR count). The van der Waals surface area contributed by atoms with E-state index in [0.717, 1.165) is 17.7 Å². The number of hydrogen-bond donors (Lipinski definition) is 0. The van der Waals surface area contributed by atoms with E-state index < -0.39 is 18.3 Å². The molecule has 122 valence electrons. The number of pyridine rings is 1. The molecule has 1 saturated heterocycles. The third-order valence-corrected chi connectivity index (χ3v) is 5.55. The zero-order valence-corrected chi connectivity index (χ0v) is 14.3. The standard InChI is InChI=1S/C17H23BN2O3/c1-16(2)17(3,4)23-18(22-16)12-7-13-14(19-8-12)10-20(15(13)21)9-11-5-6-11/h7-8,11H,5-6,9-10H2,1-4H3. The van der Waals surface area contributed by atoms with Crippen molar-refractivity contribution in [2.75, 3.05) is 6.54 Å². The van der Waals surface area contributed by atoms with Crippen LogP contribution in [-0.2, 0) is 15.9 Å². The van der Waals surface area contributed by atoms with E-state index in [1.807, 2.05) is 38.7 Å². The molecule has 1 saturated carbocycles. The van der Waals surface area contributed by atoms with Gasteiger partial charge in [0.2, 0.25) is 0 Å². The van der Waals surface area contributed by atoms with Crippen molar-refractivity contribution < 1.29 is 14.1 Å². The fourth-order valence-corrected chi connectivity index (χ4v) is 3.11. The summed E-state index contributed by atoms with van der Waals surface area (Å²) < 4.78 is 12.1. The van der Waals surface area contributed by atoms with Gasteiger partial charge in [-0.05, 0) is 52.5 Å². The van der Waals surface area contributed by atoms with Crippen molar-refractivity contribution >= 4 is 18.5 Å². The molecule has 2 aliphatic heterocycles. The second-order valence-electron chi connectivity index (χ2n) is 7.98. The first-order valence-corrected chi connectivity index (χ1v) is 8.40. The number of rotatable bonds is 3. The topological polar surface area (TPSA) is 51.7 Å². The molecular formula is C17H23BN2O3. The fraction of sp³-hybridized carbons (Fsp3) is 0.647. The molecule has 5 nitrogen and oxygen atoms in total. The van der Waals surface area contributed by atoms with E-state index in [0.29, 0.717) is 18.0 Å². The molecule has 0 N–H and O–H groups in total. The van der Waals surface area contributed by atoms with Gasteiger partial charge in [-0.25, -0.2) is 0 Å². The highest BCUT2D eigenvalue weighted by molar-refractivity contribution is 6.62. The number of nitrogens with zero attached hydrogens (tertiary/aromatic N) is 2. The normalized spacial score (nSPS) is 25.1. The summed E-state index contributed by atoms with van der Waals surface area (Å²) in [5.74, 6) is 0.786. The van der Waals surface area contributed by atoms with Crippen LogP contribution < -0.4 is 5.46 Å². The minimum Gasteiger partial charge on any atom is -0.399 e. The maximum atomic E-state index is 12.6. The van der Waals surface area contributed by atoms with Crippen LogP contribution in [0.4, 0.5) is 0 Å². The van der Waals surface area contributed by atoms with Crippen LogP contribution in [0.5, 0.6) is 0 Å². The average molecular weight is 314 g/mol. The Balaban J connectivity index is 1.57. The van der Waals surface area contributed by atoms with Crippen molar-refractivity contribution in [3.63, 3.8) is 0 Å². The Morgan fingerprint density at radius 3 is 2.52 bits per heavy atom. The van der Waals surface area contributed by atoms with Crippen molar-refractivity contribution in [2.24, 2.45) is 5.92 Å². The third kappa shape index (κ3) is 2.48. The molecule has 0 spiro atoms. The number of hydrogen-bond acceptors (Lipinski definition) is 4. The van der Waals surface area contributed by atoms with Gasteiger partial charge in [0, 0.05) is 18.2 Å². The molecule has 0 atom stereocenters. The molecule has 1 amide bonds. The van der Waals surface area contributed by atoms with Crippen LogP contribution in [-0.4, -0.2) is 40.7 Å². The summed E-state index contributed by atoms with van der Waals surface area (Å²) in [7, 11) is -0.469. The third-order valence-electron chi connectivity index (χ3n) is 5.55. The Bertz CT molecular complexity index is 654. The minimum atomic E-state index is -0.469. The van der Waals surface area contributed by atoms with Crippen molar-refractivity contribution in [2.45, 2.75) is 58.3 Å². The zero-order valence-electron chi connectivity index (χ0n) is 14.3. The summed E-state index contributed by atoms with van der Waals surface area (Å²) in [6.45, 7) is 9.59. The van der Waals surface area contributed by atoms with Gasteiger partial charge in [-0.1, -0.05) is 0 Å². The van der Waals surface area contributed by atoms with Gasteiger partial charge >= 0.3 is 7.12 Å². The lowest BCUT2D eigenvalue weighted by atomic mass is 9.79. The van der Waals surface area contributed by atoms with Gasteiger partial charge in [-0.3, -0.25) is 9.78 Å². The maximum Gasteiger partial charge on any atom is 0.496 e. The summed E-state index contributed by atoms with van der Waals surface area (Å²) in [6.07, 6.45) is 4.27. The van der Waals surface area contributed by atoms with Crippen molar-refractivity contribution in [3.05, 3.63) is 23.5 Å². The van der Waals surface area contributed by atoms with Crippen LogP contribution >= 0.6 is 0 Å². The lowest BCUT2D eigenvalue weighted by Crippen LogP contribution is -2.41. The average Bonchev–Trinajstić information content (AvgIpc) is 3.18. The minimum absolute atomic E-state index is 0.0952. The predicted octanol–water partition coefficient (Wildman–Crippen LogP) is 1.75. The van der Waals surface area contributed by atoms with Crippen LogP contribution in [0, 0.1) is 5.92 Å². The van der Waals surface area contributed by atoms with Gasteiger partial charge < -0.3 is 14.2 Å². The van der Waals surface area contributed by atoms with Gasteiger partial charge in [-0.2, -0.15) is 0 Å². The summed E-state index contributed by atoms with van der Waals surface area (Å²) in [4.78, 5) is 19.0. The molecule has 23 heavy (non-hydrogen) atoms. The van der Waals surface area contributed by atoms with E-state index in [9.17, 15) is 4.79 Å². The first-order chi connectivity index (χ1) is 10.8. The van der Waals surface area contributed by atoms with Crippen LogP contribution in [0.2, 0.25) is 0 Å². The highest BCUT2D eigenvalue weighted by Crippen LogP contribution is 2.37. The summed E-state index contributed by atoms with van der Waals surface area (Å²) in [6, 6.07) is 1.90. The number of carbonyl (C=O) groups excluding carboxylic acids is 1. The van der Waals surface area contributed by atoms with E-state index in [1.165, 1.54) is 12.8 Å². The smallest absolute Gasteiger partial charge is 0.399 e. The molecule has 3 heterocycles. The molecule has 1 aromatic rings. The first kappa shape index (κ1) is 15.2. The van der Waals surface area contributed by atoms with Crippen molar-refractivity contribution in [3.8, 4) is 0 Å². The Hall–Kier alpha value is -1.40. The molecule has 2 fully saturated rings. The number of amides is 1. The van der Waals surface area contributed by atoms with E-state index in [1.54, 1.807) is 6.20 Å². The highest BCUT2D eigenvalue weighted by Gasteiger charge is 2.52. The Labute approximate surface area is 137 Å². The summed E-state index contributed by atoms with van der Waals surface area (Å²) in [5, 5.41) is 0. The molecule has 6 heteroatoms. The summed E-state index contributed by atoms with van der Waals surface area (Å²) in [5.41, 5.74) is 1.62. The van der Waals surface area contributed by atoms with E-state index >= 15 is 0 Å². The Morgan fingerprint density at radius 2 is 1.91 bits per heavy atom. The molecule has 0 aromatic carbocycles. The van der Waals surface area contributed by atoms with Crippen LogP contribution in [0.15, 0.2) is 12.3 Å². The maximum absolute atomic E-state index is 12.6. The molecular weight excluding hydrogens is 291 g/mol. The quantitative estimate of drug-likeness (QED) is 0.798. The van der Waals surface area contributed by atoms with Crippen LogP contribution in [0.1, 0.15) is 56.6 Å². The Morgan fingerprint density at radius 1 is 1.26 bits per heavy atom. The number of carbonyl (C=O) groups is 1. The SMILES string of the molecule is CC1(C)OB(c2cnc3c(c2)C(=O)N(CC2CC2)C3)OC1(C)C. The lowest BCUT2D eigenvalue weighted by molar-refractivity contribution is 0.00578. The van der Waals surface area contributed by atoms with Crippen molar-refractivity contribution in [1.82, 2.24) is 9.88 Å². The number of fused-ring (bicyclic) bond motifs is 1. The van der Waals surface area contributed by atoms with Crippen LogP contribution in [0.25, 0.3) is 0 Å². The lowest BCUT2D eigenvalue weighted by Gasteiger charge is -2.32. The van der Waals surface area contributed by atoms with E-state index in [4.69, 9.17) is 9.31 Å². The summed E-state index contributed by atoms with van der Waals surface area (Å²) >= 11 is 0. The van der Waals surface area contributed by atoms with Gasteiger partial charge in [0.1, 0.15) is 0 Å². The molecule has 1 aromatic heterocycles. The van der Waals surface area contributed by atoms with Crippen molar-refractivity contribution in [1.29, 1.82) is 0 Å². The second kappa shape index (κ2) is 4.80. The predicted molar refractivity (Wildman–Crippen MR) is 87.4 cm³/mol. The number of aromatic nitrogens is 1. The molecule has 0 radical (unpaired) electrons. The molecule has 3 aliphatic rings. The van der Waals surface area contributed by atoms with Gasteiger partial charge in [0.25, 0.3) is 5.91 Å². The zero-order chi connectivity index (χ0) is 16.4. The largest absolute Gasteiger partial charge is 0.496 e. The van der Waals surface area contributed by atoms with Gasteiger partial charge in [0.05, 0.1) is 29.0 Å². The molecule has 0 bridgehead atoms. The monoisotopic (exact) mass is 314 g/mol. The van der Waals surface area contributed by atoms with Crippen LogP contribution in [0.3, 0.4) is 0 Å². The first-order valence-electron chi connectivity index (χ1n) is 8.40. The van der Waals surface area contributed by atoms with Gasteiger partial charge in [0.15, 0.2) is 0 Å². The van der Waals surface area contributed by atoms with E-state index in [-0.39, 0.29) is 5.91 Å². The molecule has 0 unspecified atom stereocenters. The van der Waals surface area contributed by atoms with E-state index in [2.05, 4.69) is 4.98 Å². The fourth-order valence-electron chi connectivity index (χ4n) is 3.11.